The lowest BCUT2D eigenvalue weighted by Crippen LogP contribution is -2.35. The molecule has 1 amide bonds. The van der Waals surface area contributed by atoms with Crippen molar-refractivity contribution < 1.29 is 17.9 Å². The average molecular weight is 448 g/mol. The standard InChI is InChI=1S/C16H16BrClN2O4S/c1-20(10-16(21)19-12-5-3-4-11(17)8-12)25(22,23)13-6-7-15(24-2)14(18)9-13/h3-9H,10H2,1-2H3,(H,19,21). The van der Waals surface area contributed by atoms with Crippen LogP contribution in [0.1, 0.15) is 0 Å². The Hall–Kier alpha value is -1.61. The van der Waals surface area contributed by atoms with Crippen LogP contribution in [0.5, 0.6) is 5.75 Å². The number of halogens is 2. The van der Waals surface area contributed by atoms with E-state index in [0.717, 1.165) is 8.78 Å². The van der Waals surface area contributed by atoms with Crippen molar-refractivity contribution in [1.82, 2.24) is 4.31 Å². The largest absolute Gasteiger partial charge is 0.495 e. The van der Waals surface area contributed by atoms with Crippen molar-refractivity contribution in [2.45, 2.75) is 4.90 Å². The molecule has 0 saturated heterocycles. The Kier molecular flexibility index (Phi) is 6.45. The molecule has 2 aromatic rings. The molecule has 1 N–H and O–H groups in total. The molecular weight excluding hydrogens is 432 g/mol. The van der Waals surface area contributed by atoms with Crippen LogP contribution in [0.25, 0.3) is 0 Å². The number of hydrogen-bond acceptors (Lipinski definition) is 4. The van der Waals surface area contributed by atoms with Crippen LogP contribution in [0.15, 0.2) is 51.8 Å². The number of nitrogens with one attached hydrogen (secondary N) is 1. The third-order valence-corrected chi connectivity index (χ3v) is 5.89. The van der Waals surface area contributed by atoms with Gasteiger partial charge in [0.15, 0.2) is 0 Å². The molecule has 2 rings (SSSR count). The van der Waals surface area contributed by atoms with E-state index in [2.05, 4.69) is 21.2 Å². The smallest absolute Gasteiger partial charge is 0.243 e. The quantitative estimate of drug-likeness (QED) is 0.737. The van der Waals surface area contributed by atoms with Crippen LogP contribution in [-0.4, -0.2) is 39.3 Å². The SMILES string of the molecule is COc1ccc(S(=O)(=O)N(C)CC(=O)Nc2cccc(Br)c2)cc1Cl. The van der Waals surface area contributed by atoms with E-state index in [1.807, 2.05) is 6.07 Å². The number of sulfonamides is 1. The second-order valence-corrected chi connectivity index (χ2v) is 8.48. The number of ether oxygens (including phenoxy) is 1. The second-order valence-electron chi connectivity index (χ2n) is 5.12. The Labute approximate surface area is 159 Å². The Bertz CT molecular complexity index is 889. The fraction of sp³-hybridized carbons (Fsp3) is 0.188. The highest BCUT2D eigenvalue weighted by atomic mass is 79.9. The first-order chi connectivity index (χ1) is 11.7. The Morgan fingerprint density at radius 3 is 2.60 bits per heavy atom. The normalized spacial score (nSPS) is 11.4. The Morgan fingerprint density at radius 2 is 2.00 bits per heavy atom. The molecule has 0 saturated carbocycles. The van der Waals surface area contributed by atoms with Crippen LogP contribution >= 0.6 is 27.5 Å². The molecular formula is C16H16BrClN2O4S. The lowest BCUT2D eigenvalue weighted by Gasteiger charge is -2.17. The van der Waals surface area contributed by atoms with E-state index in [0.29, 0.717) is 11.4 Å². The van der Waals surface area contributed by atoms with Crippen molar-refractivity contribution in [2.75, 3.05) is 26.0 Å². The third-order valence-electron chi connectivity index (χ3n) is 3.31. The summed E-state index contributed by atoms with van der Waals surface area (Å²) in [6, 6.07) is 11.1. The summed E-state index contributed by atoms with van der Waals surface area (Å²) in [5, 5.41) is 2.82. The second kappa shape index (κ2) is 8.18. The number of likely N-dealkylation sites (N-methyl/N-ethyl adjacent to an activating group) is 1. The van der Waals surface area contributed by atoms with Crippen LogP contribution in [-0.2, 0) is 14.8 Å². The summed E-state index contributed by atoms with van der Waals surface area (Å²) < 4.78 is 31.9. The molecule has 134 valence electrons. The van der Waals surface area contributed by atoms with E-state index < -0.39 is 15.9 Å². The van der Waals surface area contributed by atoms with Crippen molar-refractivity contribution in [2.24, 2.45) is 0 Å². The minimum absolute atomic E-state index is 0.0175. The highest BCUT2D eigenvalue weighted by Crippen LogP contribution is 2.28. The first-order valence-corrected chi connectivity index (χ1v) is 9.70. The summed E-state index contributed by atoms with van der Waals surface area (Å²) in [6.45, 7) is -0.335. The zero-order valence-electron chi connectivity index (χ0n) is 13.5. The molecule has 6 nitrogen and oxygen atoms in total. The van der Waals surface area contributed by atoms with Gasteiger partial charge in [-0.25, -0.2) is 8.42 Å². The summed E-state index contributed by atoms with van der Waals surface area (Å²) in [5.41, 5.74) is 0.567. The Balaban J connectivity index is 2.11. The maximum Gasteiger partial charge on any atom is 0.243 e. The summed E-state index contributed by atoms with van der Waals surface area (Å²) in [4.78, 5) is 12.1. The van der Waals surface area contributed by atoms with Crippen LogP contribution in [0.4, 0.5) is 5.69 Å². The van der Waals surface area contributed by atoms with Crippen molar-refractivity contribution >= 4 is 49.1 Å². The van der Waals surface area contributed by atoms with E-state index in [4.69, 9.17) is 16.3 Å². The van der Waals surface area contributed by atoms with E-state index in [9.17, 15) is 13.2 Å². The van der Waals surface area contributed by atoms with Gasteiger partial charge >= 0.3 is 0 Å². The van der Waals surface area contributed by atoms with Gasteiger partial charge in [0.25, 0.3) is 0 Å². The predicted molar refractivity (Wildman–Crippen MR) is 101 cm³/mol. The van der Waals surface area contributed by atoms with Crippen molar-refractivity contribution in [3.05, 3.63) is 52.0 Å². The monoisotopic (exact) mass is 446 g/mol. The highest BCUT2D eigenvalue weighted by Gasteiger charge is 2.24. The van der Waals surface area contributed by atoms with E-state index in [-0.39, 0.29) is 16.5 Å². The van der Waals surface area contributed by atoms with Crippen LogP contribution in [0, 0.1) is 0 Å². The number of nitrogens with zero attached hydrogens (tertiary/aromatic N) is 1. The molecule has 0 aliphatic carbocycles. The van der Waals surface area contributed by atoms with Gasteiger partial charge in [0, 0.05) is 17.2 Å². The van der Waals surface area contributed by atoms with Crippen molar-refractivity contribution in [3.8, 4) is 5.75 Å². The Morgan fingerprint density at radius 1 is 1.28 bits per heavy atom. The molecule has 0 bridgehead atoms. The molecule has 0 aliphatic heterocycles. The number of carbonyl (C=O) groups excluding carboxylic acids is 1. The first kappa shape index (κ1) is 19.7. The third kappa shape index (κ3) is 4.94. The van der Waals surface area contributed by atoms with E-state index >= 15 is 0 Å². The van der Waals surface area contributed by atoms with Gasteiger partial charge in [-0.1, -0.05) is 33.6 Å². The predicted octanol–water partition coefficient (Wildman–Crippen LogP) is 3.37. The zero-order chi connectivity index (χ0) is 18.6. The van der Waals surface area contributed by atoms with Gasteiger partial charge in [-0.2, -0.15) is 4.31 Å². The fourth-order valence-electron chi connectivity index (χ4n) is 2.04. The molecule has 25 heavy (non-hydrogen) atoms. The number of amides is 1. The van der Waals surface area contributed by atoms with E-state index in [1.165, 1.54) is 32.4 Å². The topological polar surface area (TPSA) is 75.7 Å². The number of methoxy groups -OCH3 is 1. The van der Waals surface area contributed by atoms with Gasteiger partial charge in [-0.3, -0.25) is 4.79 Å². The van der Waals surface area contributed by atoms with Gasteiger partial charge in [-0.15, -0.1) is 0 Å². The van der Waals surface area contributed by atoms with Gasteiger partial charge in [-0.05, 0) is 36.4 Å². The average Bonchev–Trinajstić information content (AvgIpc) is 2.54. The molecule has 0 aliphatic rings. The van der Waals surface area contributed by atoms with Crippen LogP contribution < -0.4 is 10.1 Å². The summed E-state index contributed by atoms with van der Waals surface area (Å²) in [5.74, 6) is -0.0838. The number of anilines is 1. The maximum atomic E-state index is 12.6. The molecule has 0 heterocycles. The molecule has 0 radical (unpaired) electrons. The molecule has 0 fully saturated rings. The van der Waals surface area contributed by atoms with E-state index in [1.54, 1.807) is 18.2 Å². The minimum Gasteiger partial charge on any atom is -0.495 e. The molecule has 0 aromatic heterocycles. The zero-order valence-corrected chi connectivity index (χ0v) is 16.7. The number of rotatable bonds is 6. The molecule has 0 unspecified atom stereocenters. The molecule has 0 atom stereocenters. The summed E-state index contributed by atoms with van der Waals surface area (Å²) >= 11 is 9.28. The minimum atomic E-state index is -3.86. The number of hydrogen-bond donors (Lipinski definition) is 1. The van der Waals surface area contributed by atoms with Crippen LogP contribution in [0.2, 0.25) is 5.02 Å². The maximum absolute atomic E-state index is 12.6. The molecule has 9 heteroatoms. The fourth-order valence-corrected chi connectivity index (χ4v) is 3.92. The lowest BCUT2D eigenvalue weighted by molar-refractivity contribution is -0.116. The number of benzene rings is 2. The summed E-state index contributed by atoms with van der Waals surface area (Å²) in [7, 11) is -1.09. The van der Waals surface area contributed by atoms with Gasteiger partial charge in [0.1, 0.15) is 5.75 Å². The molecule has 0 spiro atoms. The summed E-state index contributed by atoms with van der Waals surface area (Å²) in [6.07, 6.45) is 0. The first-order valence-electron chi connectivity index (χ1n) is 7.09. The van der Waals surface area contributed by atoms with Crippen molar-refractivity contribution in [1.29, 1.82) is 0 Å². The van der Waals surface area contributed by atoms with Gasteiger partial charge < -0.3 is 10.1 Å². The van der Waals surface area contributed by atoms with Gasteiger partial charge in [0.2, 0.25) is 15.9 Å². The van der Waals surface area contributed by atoms with Crippen LogP contribution in [0.3, 0.4) is 0 Å². The van der Waals surface area contributed by atoms with Gasteiger partial charge in [0.05, 0.1) is 23.6 Å². The molecule has 2 aromatic carbocycles. The van der Waals surface area contributed by atoms with Crippen molar-refractivity contribution in [3.63, 3.8) is 0 Å². The lowest BCUT2D eigenvalue weighted by atomic mass is 10.3. The number of carbonyl (C=O) groups is 1. The highest BCUT2D eigenvalue weighted by molar-refractivity contribution is 9.10.